The molecule has 6 heteroatoms. The molecule has 0 aliphatic rings. The van der Waals surface area contributed by atoms with E-state index in [0.717, 1.165) is 10.5 Å². The molecule has 0 saturated heterocycles. The van der Waals surface area contributed by atoms with E-state index in [-0.39, 0.29) is 11.5 Å². The number of rotatable bonds is 6. The first-order valence-electron chi connectivity index (χ1n) is 6.52. The number of hydrogen-bond acceptors (Lipinski definition) is 3. The third kappa shape index (κ3) is 5.09. The summed E-state index contributed by atoms with van der Waals surface area (Å²) in [6.45, 7) is 0.375. The van der Waals surface area contributed by atoms with E-state index >= 15 is 0 Å². The molecule has 22 heavy (non-hydrogen) atoms. The first-order valence-corrected chi connectivity index (χ1v) is 7.88. The predicted molar refractivity (Wildman–Crippen MR) is 87.4 cm³/mol. The fourth-order valence-corrected chi connectivity index (χ4v) is 2.55. The molecule has 0 fully saturated rings. The van der Waals surface area contributed by atoms with Crippen molar-refractivity contribution < 1.29 is 14.7 Å². The van der Waals surface area contributed by atoms with Gasteiger partial charge in [0, 0.05) is 16.5 Å². The minimum Gasteiger partial charge on any atom is -0.478 e. The van der Waals surface area contributed by atoms with Crippen molar-refractivity contribution in [3.63, 3.8) is 0 Å². The summed E-state index contributed by atoms with van der Waals surface area (Å²) in [6.07, 6.45) is 0. The molecule has 0 aromatic heterocycles. The Kier molecular flexibility index (Phi) is 5.86. The molecule has 0 saturated carbocycles. The van der Waals surface area contributed by atoms with Crippen molar-refractivity contribution in [3.05, 3.63) is 64.7 Å². The van der Waals surface area contributed by atoms with Crippen molar-refractivity contribution in [1.29, 1.82) is 0 Å². The van der Waals surface area contributed by atoms with Gasteiger partial charge in [-0.1, -0.05) is 23.7 Å². The lowest BCUT2D eigenvalue weighted by Gasteiger charge is -2.06. The summed E-state index contributed by atoms with van der Waals surface area (Å²) in [5.74, 6) is -0.730. The number of aromatic carboxylic acids is 1. The van der Waals surface area contributed by atoms with Crippen LogP contribution in [0.5, 0.6) is 0 Å². The third-order valence-electron chi connectivity index (χ3n) is 2.87. The van der Waals surface area contributed by atoms with Crippen molar-refractivity contribution in [3.8, 4) is 0 Å². The monoisotopic (exact) mass is 335 g/mol. The minimum absolute atomic E-state index is 0.0812. The van der Waals surface area contributed by atoms with E-state index in [1.165, 1.54) is 23.9 Å². The van der Waals surface area contributed by atoms with Gasteiger partial charge in [0.2, 0.25) is 5.91 Å². The second kappa shape index (κ2) is 7.87. The Morgan fingerprint density at radius 3 is 2.27 bits per heavy atom. The smallest absolute Gasteiger partial charge is 0.335 e. The largest absolute Gasteiger partial charge is 0.478 e. The number of carboxylic acids is 1. The molecule has 0 aliphatic carbocycles. The van der Waals surface area contributed by atoms with E-state index in [9.17, 15) is 9.59 Å². The van der Waals surface area contributed by atoms with Crippen molar-refractivity contribution in [1.82, 2.24) is 5.32 Å². The topological polar surface area (TPSA) is 66.4 Å². The van der Waals surface area contributed by atoms with E-state index in [1.54, 1.807) is 24.3 Å². The van der Waals surface area contributed by atoms with Crippen LogP contribution in [0.15, 0.2) is 53.4 Å². The molecule has 0 unspecified atom stereocenters. The molecular formula is C16H14ClNO3S. The highest BCUT2D eigenvalue weighted by molar-refractivity contribution is 8.00. The number of hydrogen-bond donors (Lipinski definition) is 2. The van der Waals surface area contributed by atoms with Gasteiger partial charge in [0.25, 0.3) is 0 Å². The Balaban J connectivity index is 1.77. The van der Waals surface area contributed by atoms with Gasteiger partial charge in [-0.05, 0) is 42.0 Å². The van der Waals surface area contributed by atoms with Gasteiger partial charge in [-0.2, -0.15) is 0 Å². The highest BCUT2D eigenvalue weighted by Gasteiger charge is 2.05. The summed E-state index contributed by atoms with van der Waals surface area (Å²) >= 11 is 7.23. The normalized spacial score (nSPS) is 10.2. The number of halogens is 1. The average molecular weight is 336 g/mol. The lowest BCUT2D eigenvalue weighted by Crippen LogP contribution is -2.24. The Morgan fingerprint density at radius 2 is 1.68 bits per heavy atom. The van der Waals surface area contributed by atoms with E-state index in [4.69, 9.17) is 16.7 Å². The van der Waals surface area contributed by atoms with Gasteiger partial charge in [0.1, 0.15) is 0 Å². The Labute approximate surface area is 137 Å². The van der Waals surface area contributed by atoms with E-state index in [0.29, 0.717) is 17.3 Å². The number of amides is 1. The molecule has 0 spiro atoms. The second-order valence-electron chi connectivity index (χ2n) is 4.52. The Morgan fingerprint density at radius 1 is 1.05 bits per heavy atom. The van der Waals surface area contributed by atoms with Crippen LogP contribution >= 0.6 is 23.4 Å². The van der Waals surface area contributed by atoms with Gasteiger partial charge < -0.3 is 10.4 Å². The SMILES string of the molecule is O=C(CSc1ccc(Cl)cc1)NCc1ccc(C(=O)O)cc1. The molecule has 0 radical (unpaired) electrons. The molecule has 1 amide bonds. The number of benzene rings is 2. The Bertz CT molecular complexity index is 656. The molecule has 2 aromatic carbocycles. The molecule has 114 valence electrons. The van der Waals surface area contributed by atoms with Crippen molar-refractivity contribution in [2.75, 3.05) is 5.75 Å². The number of thioether (sulfide) groups is 1. The maximum atomic E-state index is 11.8. The maximum absolute atomic E-state index is 11.8. The zero-order valence-electron chi connectivity index (χ0n) is 11.6. The number of carbonyl (C=O) groups is 2. The minimum atomic E-state index is -0.963. The van der Waals surface area contributed by atoms with Crippen LogP contribution < -0.4 is 5.32 Å². The van der Waals surface area contributed by atoms with Gasteiger partial charge in [0.05, 0.1) is 11.3 Å². The van der Waals surface area contributed by atoms with Crippen LogP contribution in [0.25, 0.3) is 0 Å². The molecule has 0 atom stereocenters. The summed E-state index contributed by atoms with van der Waals surface area (Å²) in [7, 11) is 0. The van der Waals surface area contributed by atoms with Gasteiger partial charge in [0.15, 0.2) is 0 Å². The second-order valence-corrected chi connectivity index (χ2v) is 6.01. The molecule has 0 heterocycles. The van der Waals surface area contributed by atoms with Gasteiger partial charge in [-0.25, -0.2) is 4.79 Å². The lowest BCUT2D eigenvalue weighted by molar-refractivity contribution is -0.118. The zero-order chi connectivity index (χ0) is 15.9. The van der Waals surface area contributed by atoms with Crippen LogP contribution in [0.3, 0.4) is 0 Å². The van der Waals surface area contributed by atoms with Gasteiger partial charge in [-0.3, -0.25) is 4.79 Å². The van der Waals surface area contributed by atoms with E-state index < -0.39 is 5.97 Å². The molecule has 0 aliphatic heterocycles. The Hall–Kier alpha value is -1.98. The summed E-state index contributed by atoms with van der Waals surface area (Å²) < 4.78 is 0. The van der Waals surface area contributed by atoms with Crippen LogP contribution in [0, 0.1) is 0 Å². The highest BCUT2D eigenvalue weighted by Crippen LogP contribution is 2.19. The fraction of sp³-hybridized carbons (Fsp3) is 0.125. The molecule has 2 rings (SSSR count). The third-order valence-corrected chi connectivity index (χ3v) is 4.14. The van der Waals surface area contributed by atoms with Crippen LogP contribution in [0.2, 0.25) is 5.02 Å². The van der Waals surface area contributed by atoms with Crippen LogP contribution in [0.4, 0.5) is 0 Å². The van der Waals surface area contributed by atoms with Crippen LogP contribution in [-0.4, -0.2) is 22.7 Å². The number of nitrogens with one attached hydrogen (secondary N) is 1. The first-order chi connectivity index (χ1) is 10.5. The zero-order valence-corrected chi connectivity index (χ0v) is 13.2. The molecule has 2 aromatic rings. The van der Waals surface area contributed by atoms with Crippen molar-refractivity contribution in [2.24, 2.45) is 0 Å². The van der Waals surface area contributed by atoms with Crippen LogP contribution in [-0.2, 0) is 11.3 Å². The standard InChI is InChI=1S/C16H14ClNO3S/c17-13-5-7-14(8-6-13)22-10-15(19)18-9-11-1-3-12(4-2-11)16(20)21/h1-8H,9-10H2,(H,18,19)(H,20,21). The molecule has 4 nitrogen and oxygen atoms in total. The molecular weight excluding hydrogens is 322 g/mol. The highest BCUT2D eigenvalue weighted by atomic mass is 35.5. The van der Waals surface area contributed by atoms with Crippen molar-refractivity contribution in [2.45, 2.75) is 11.4 Å². The number of carbonyl (C=O) groups excluding carboxylic acids is 1. The van der Waals surface area contributed by atoms with Gasteiger partial charge >= 0.3 is 5.97 Å². The summed E-state index contributed by atoms with van der Waals surface area (Å²) in [6, 6.07) is 13.7. The number of carboxylic acid groups (broad SMARTS) is 1. The van der Waals surface area contributed by atoms with E-state index in [2.05, 4.69) is 5.32 Å². The summed E-state index contributed by atoms with van der Waals surface area (Å²) in [5.41, 5.74) is 1.09. The predicted octanol–water partition coefficient (Wildman–Crippen LogP) is 3.45. The maximum Gasteiger partial charge on any atom is 0.335 e. The lowest BCUT2D eigenvalue weighted by atomic mass is 10.1. The summed E-state index contributed by atoms with van der Waals surface area (Å²) in [4.78, 5) is 23.5. The van der Waals surface area contributed by atoms with E-state index in [1.807, 2.05) is 12.1 Å². The quantitative estimate of drug-likeness (QED) is 0.793. The molecule has 0 bridgehead atoms. The summed E-state index contributed by atoms with van der Waals surface area (Å²) in [5, 5.41) is 12.3. The molecule has 2 N–H and O–H groups in total. The van der Waals surface area contributed by atoms with Crippen LogP contribution in [0.1, 0.15) is 15.9 Å². The fourth-order valence-electron chi connectivity index (χ4n) is 1.70. The van der Waals surface area contributed by atoms with Crippen molar-refractivity contribution >= 4 is 35.2 Å². The van der Waals surface area contributed by atoms with Gasteiger partial charge in [-0.15, -0.1) is 11.8 Å². The average Bonchev–Trinajstić information content (AvgIpc) is 2.52. The first kappa shape index (κ1) is 16.4.